The zero-order chi connectivity index (χ0) is 12.0. The van der Waals surface area contributed by atoms with Gasteiger partial charge >= 0.3 is 0 Å². The Morgan fingerprint density at radius 1 is 1.19 bits per heavy atom. The van der Waals surface area contributed by atoms with Crippen LogP contribution in [-0.2, 0) is 4.79 Å². The van der Waals surface area contributed by atoms with Crippen molar-refractivity contribution in [1.29, 1.82) is 0 Å². The average Bonchev–Trinajstić information content (AvgIpc) is 2.35. The molecule has 0 saturated carbocycles. The molecule has 0 amide bonds. The molecule has 86 valence electrons. The molecule has 0 N–H and O–H groups in total. The number of hydrogen-bond donors (Lipinski definition) is 0. The van der Waals surface area contributed by atoms with Crippen LogP contribution in [0.25, 0.3) is 0 Å². The first-order valence-corrected chi connectivity index (χ1v) is 5.76. The second-order valence-electron chi connectivity index (χ2n) is 4.05. The van der Waals surface area contributed by atoms with E-state index in [-0.39, 0.29) is 17.5 Å². The first-order chi connectivity index (χ1) is 7.65. The summed E-state index contributed by atoms with van der Waals surface area (Å²) in [7, 11) is 0. The number of Topliss-reactive ketones (excluding diaryl/α,β-unsaturated/α-hetero) is 2. The van der Waals surface area contributed by atoms with Gasteiger partial charge in [0, 0.05) is 24.3 Å². The van der Waals surface area contributed by atoms with Crippen molar-refractivity contribution in [3.05, 3.63) is 35.9 Å². The number of carbonyl (C=O) groups is 2. The molecule has 1 unspecified atom stereocenters. The molecule has 0 radical (unpaired) electrons. The summed E-state index contributed by atoms with van der Waals surface area (Å²) in [5.41, 5.74) is 0.735. The normalized spacial score (nSPS) is 12.1. The van der Waals surface area contributed by atoms with Gasteiger partial charge in [0.15, 0.2) is 5.78 Å². The maximum absolute atomic E-state index is 11.7. The molecule has 1 aromatic rings. The van der Waals surface area contributed by atoms with Gasteiger partial charge in [-0.25, -0.2) is 0 Å². The van der Waals surface area contributed by atoms with Crippen LogP contribution in [0.1, 0.15) is 43.5 Å². The van der Waals surface area contributed by atoms with Crippen LogP contribution in [-0.4, -0.2) is 11.6 Å². The molecule has 0 heterocycles. The third kappa shape index (κ3) is 3.61. The maximum Gasteiger partial charge on any atom is 0.162 e. The van der Waals surface area contributed by atoms with E-state index in [1.165, 1.54) is 0 Å². The van der Waals surface area contributed by atoms with E-state index in [1.54, 1.807) is 0 Å². The topological polar surface area (TPSA) is 34.1 Å². The van der Waals surface area contributed by atoms with Gasteiger partial charge in [0.25, 0.3) is 0 Å². The van der Waals surface area contributed by atoms with Gasteiger partial charge in [-0.05, 0) is 6.42 Å². The Bertz CT molecular complexity index is 354. The van der Waals surface area contributed by atoms with Gasteiger partial charge in [0.05, 0.1) is 0 Å². The lowest BCUT2D eigenvalue weighted by Crippen LogP contribution is -2.11. The highest BCUT2D eigenvalue weighted by molar-refractivity contribution is 5.96. The van der Waals surface area contributed by atoms with Gasteiger partial charge in [0.2, 0.25) is 0 Å². The molecule has 1 atom stereocenters. The van der Waals surface area contributed by atoms with Crippen LogP contribution in [0.15, 0.2) is 30.3 Å². The van der Waals surface area contributed by atoms with E-state index in [0.29, 0.717) is 19.3 Å². The predicted molar refractivity (Wildman–Crippen MR) is 64.5 cm³/mol. The fourth-order valence-corrected chi connectivity index (χ4v) is 1.63. The zero-order valence-electron chi connectivity index (χ0n) is 9.90. The van der Waals surface area contributed by atoms with Crippen molar-refractivity contribution in [2.24, 2.45) is 5.92 Å². The molecule has 16 heavy (non-hydrogen) atoms. The lowest BCUT2D eigenvalue weighted by molar-refractivity contribution is -0.122. The van der Waals surface area contributed by atoms with Crippen LogP contribution in [0.2, 0.25) is 0 Å². The Hall–Kier alpha value is -1.44. The Kier molecular flexibility index (Phi) is 4.90. The van der Waals surface area contributed by atoms with Crippen molar-refractivity contribution in [2.75, 3.05) is 0 Å². The smallest absolute Gasteiger partial charge is 0.162 e. The van der Waals surface area contributed by atoms with Crippen LogP contribution < -0.4 is 0 Å². The van der Waals surface area contributed by atoms with Crippen molar-refractivity contribution >= 4 is 11.6 Å². The molecule has 0 aliphatic heterocycles. The summed E-state index contributed by atoms with van der Waals surface area (Å²) >= 11 is 0. The molecule has 0 fully saturated rings. The molecule has 0 spiro atoms. The lowest BCUT2D eigenvalue weighted by atomic mass is 9.96. The lowest BCUT2D eigenvalue weighted by Gasteiger charge is -2.07. The summed E-state index contributed by atoms with van der Waals surface area (Å²) in [5.74, 6) is 0.356. The molecular weight excluding hydrogens is 200 g/mol. The van der Waals surface area contributed by atoms with Gasteiger partial charge < -0.3 is 0 Å². The zero-order valence-corrected chi connectivity index (χ0v) is 9.90. The summed E-state index contributed by atoms with van der Waals surface area (Å²) in [4.78, 5) is 23.1. The van der Waals surface area contributed by atoms with Crippen molar-refractivity contribution < 1.29 is 9.59 Å². The molecule has 2 nitrogen and oxygen atoms in total. The molecule has 1 rings (SSSR count). The standard InChI is InChI=1S/C14H18O2/c1-3-13(15)11(2)9-10-14(16)12-7-5-4-6-8-12/h4-8,11H,3,9-10H2,1-2H3. The largest absolute Gasteiger partial charge is 0.299 e. The van der Waals surface area contributed by atoms with Crippen LogP contribution in [0.3, 0.4) is 0 Å². The second kappa shape index (κ2) is 6.21. The number of ketones is 2. The van der Waals surface area contributed by atoms with Crippen LogP contribution in [0.4, 0.5) is 0 Å². The minimum Gasteiger partial charge on any atom is -0.299 e. The maximum atomic E-state index is 11.7. The summed E-state index contributed by atoms with van der Waals surface area (Å²) in [6.45, 7) is 3.75. The van der Waals surface area contributed by atoms with Crippen molar-refractivity contribution in [3.8, 4) is 0 Å². The first-order valence-electron chi connectivity index (χ1n) is 5.76. The van der Waals surface area contributed by atoms with Gasteiger partial charge in [-0.15, -0.1) is 0 Å². The van der Waals surface area contributed by atoms with E-state index in [0.717, 1.165) is 5.56 Å². The Morgan fingerprint density at radius 2 is 1.81 bits per heavy atom. The number of benzene rings is 1. The molecule has 2 heteroatoms. The van der Waals surface area contributed by atoms with Gasteiger partial charge in [-0.1, -0.05) is 44.2 Å². The average molecular weight is 218 g/mol. The van der Waals surface area contributed by atoms with Crippen molar-refractivity contribution in [3.63, 3.8) is 0 Å². The summed E-state index contributed by atoms with van der Waals surface area (Å²) in [6.07, 6.45) is 1.66. The summed E-state index contributed by atoms with van der Waals surface area (Å²) in [6, 6.07) is 9.23. The first kappa shape index (κ1) is 12.6. The minimum atomic E-state index is -0.00216. The summed E-state index contributed by atoms with van der Waals surface area (Å²) < 4.78 is 0. The fraction of sp³-hybridized carbons (Fsp3) is 0.429. The number of rotatable bonds is 6. The van der Waals surface area contributed by atoms with E-state index in [1.807, 2.05) is 44.2 Å². The SMILES string of the molecule is CCC(=O)C(C)CCC(=O)c1ccccc1. The van der Waals surface area contributed by atoms with E-state index in [4.69, 9.17) is 0 Å². The minimum absolute atomic E-state index is 0.00216. The molecule has 1 aromatic carbocycles. The van der Waals surface area contributed by atoms with E-state index >= 15 is 0 Å². The van der Waals surface area contributed by atoms with Crippen molar-refractivity contribution in [1.82, 2.24) is 0 Å². The van der Waals surface area contributed by atoms with Gasteiger partial charge in [0.1, 0.15) is 5.78 Å². The number of carbonyl (C=O) groups excluding carboxylic acids is 2. The molecule has 0 aliphatic rings. The Labute approximate surface area is 96.7 Å². The highest BCUT2D eigenvalue weighted by Gasteiger charge is 2.13. The molecule has 0 bridgehead atoms. The van der Waals surface area contributed by atoms with E-state index in [9.17, 15) is 9.59 Å². The van der Waals surface area contributed by atoms with Crippen molar-refractivity contribution in [2.45, 2.75) is 33.1 Å². The van der Waals surface area contributed by atoms with Gasteiger partial charge in [-0.3, -0.25) is 9.59 Å². The summed E-state index contributed by atoms with van der Waals surface area (Å²) in [5, 5.41) is 0. The second-order valence-corrected chi connectivity index (χ2v) is 4.05. The fourth-order valence-electron chi connectivity index (χ4n) is 1.63. The Morgan fingerprint density at radius 3 is 2.38 bits per heavy atom. The highest BCUT2D eigenvalue weighted by Crippen LogP contribution is 2.12. The van der Waals surface area contributed by atoms with E-state index in [2.05, 4.69) is 0 Å². The molecule has 0 aliphatic carbocycles. The van der Waals surface area contributed by atoms with E-state index < -0.39 is 0 Å². The number of hydrogen-bond acceptors (Lipinski definition) is 2. The van der Waals surface area contributed by atoms with Crippen LogP contribution in [0, 0.1) is 5.92 Å². The third-order valence-corrected chi connectivity index (χ3v) is 2.80. The molecule has 0 saturated heterocycles. The highest BCUT2D eigenvalue weighted by atomic mass is 16.1. The van der Waals surface area contributed by atoms with Gasteiger partial charge in [-0.2, -0.15) is 0 Å². The Balaban J connectivity index is 2.45. The molecular formula is C14H18O2. The quantitative estimate of drug-likeness (QED) is 0.687. The third-order valence-electron chi connectivity index (χ3n) is 2.80. The predicted octanol–water partition coefficient (Wildman–Crippen LogP) is 3.26. The van der Waals surface area contributed by atoms with Crippen LogP contribution in [0.5, 0.6) is 0 Å². The monoisotopic (exact) mass is 218 g/mol. The van der Waals surface area contributed by atoms with Crippen LogP contribution >= 0.6 is 0 Å². The molecule has 0 aromatic heterocycles.